The fourth-order valence-electron chi connectivity index (χ4n) is 2.84. The van der Waals surface area contributed by atoms with Crippen LogP contribution >= 0.6 is 15.9 Å². The summed E-state index contributed by atoms with van der Waals surface area (Å²) in [4.78, 5) is 18.1. The number of nitrogens with one attached hydrogen (secondary N) is 2. The maximum atomic E-state index is 12.2. The summed E-state index contributed by atoms with van der Waals surface area (Å²) >= 11 is 3.40. The molecule has 124 valence electrons. The SMILES string of the molecule is O=C(Cc1c[nH]c2ccccc12)N=Nc1c(O)[nH]c2c(Br)cccc12. The lowest BCUT2D eigenvalue weighted by Gasteiger charge is -1.95. The van der Waals surface area contributed by atoms with Gasteiger partial charge >= 0.3 is 0 Å². The number of nitrogens with zero attached hydrogens (tertiary/aromatic N) is 2. The molecule has 0 unspecified atom stereocenters. The standard InChI is InChI=1S/C18H13BrN4O2/c19-13-6-3-5-12-16(13)21-18(25)17(12)23-22-15(24)8-10-9-20-14-7-2-1-4-11(10)14/h1-7,9,20-21,25H,8H2. The molecule has 0 aliphatic carbocycles. The second kappa shape index (κ2) is 6.18. The Morgan fingerprint density at radius 3 is 2.80 bits per heavy atom. The fourth-order valence-corrected chi connectivity index (χ4v) is 3.30. The van der Waals surface area contributed by atoms with E-state index in [9.17, 15) is 9.90 Å². The number of aromatic nitrogens is 2. The number of hydrogen-bond acceptors (Lipinski definition) is 3. The molecule has 0 aliphatic heterocycles. The van der Waals surface area contributed by atoms with E-state index in [-0.39, 0.29) is 23.9 Å². The summed E-state index contributed by atoms with van der Waals surface area (Å²) < 4.78 is 0.798. The van der Waals surface area contributed by atoms with Gasteiger partial charge in [0, 0.05) is 27.0 Å². The van der Waals surface area contributed by atoms with Crippen LogP contribution < -0.4 is 0 Å². The van der Waals surface area contributed by atoms with Crippen LogP contribution in [-0.4, -0.2) is 21.0 Å². The average Bonchev–Trinajstić information content (AvgIpc) is 3.15. The van der Waals surface area contributed by atoms with Crippen molar-refractivity contribution in [1.29, 1.82) is 0 Å². The highest BCUT2D eigenvalue weighted by Crippen LogP contribution is 2.38. The molecule has 0 radical (unpaired) electrons. The zero-order valence-electron chi connectivity index (χ0n) is 13.0. The molecular formula is C18H13BrN4O2. The van der Waals surface area contributed by atoms with E-state index in [2.05, 4.69) is 36.1 Å². The van der Waals surface area contributed by atoms with Gasteiger partial charge in [0.25, 0.3) is 5.91 Å². The first kappa shape index (κ1) is 15.6. The van der Waals surface area contributed by atoms with Gasteiger partial charge < -0.3 is 15.1 Å². The van der Waals surface area contributed by atoms with Crippen molar-refractivity contribution in [1.82, 2.24) is 9.97 Å². The Kier molecular flexibility index (Phi) is 3.85. The highest BCUT2D eigenvalue weighted by atomic mass is 79.9. The molecule has 25 heavy (non-hydrogen) atoms. The van der Waals surface area contributed by atoms with Crippen LogP contribution in [0.4, 0.5) is 5.69 Å². The van der Waals surface area contributed by atoms with Gasteiger partial charge in [-0.2, -0.15) is 0 Å². The summed E-state index contributed by atoms with van der Waals surface area (Å²) in [7, 11) is 0. The van der Waals surface area contributed by atoms with E-state index >= 15 is 0 Å². The molecule has 0 atom stereocenters. The van der Waals surface area contributed by atoms with Crippen molar-refractivity contribution < 1.29 is 9.90 Å². The number of aromatic amines is 2. The van der Waals surface area contributed by atoms with Crippen molar-refractivity contribution >= 4 is 49.3 Å². The Morgan fingerprint density at radius 2 is 1.92 bits per heavy atom. The summed E-state index contributed by atoms with van der Waals surface area (Å²) in [6.07, 6.45) is 1.94. The summed E-state index contributed by atoms with van der Waals surface area (Å²) in [5.41, 5.74) is 2.80. The molecule has 2 heterocycles. The van der Waals surface area contributed by atoms with Gasteiger partial charge in [-0.05, 0) is 33.6 Å². The number of carbonyl (C=O) groups excluding carboxylic acids is 1. The molecule has 3 N–H and O–H groups in total. The minimum atomic E-state index is -0.381. The van der Waals surface area contributed by atoms with Crippen LogP contribution in [0.25, 0.3) is 21.8 Å². The smallest absolute Gasteiger partial charge is 0.269 e. The van der Waals surface area contributed by atoms with Crippen LogP contribution in [0.3, 0.4) is 0 Å². The van der Waals surface area contributed by atoms with E-state index in [0.29, 0.717) is 10.9 Å². The molecule has 7 heteroatoms. The van der Waals surface area contributed by atoms with Gasteiger partial charge in [0.05, 0.1) is 11.9 Å². The number of hydrogen-bond donors (Lipinski definition) is 3. The van der Waals surface area contributed by atoms with Crippen molar-refractivity contribution in [3.05, 3.63) is 58.7 Å². The first-order valence-corrected chi connectivity index (χ1v) is 8.41. The van der Waals surface area contributed by atoms with Gasteiger partial charge in [-0.1, -0.05) is 30.3 Å². The Balaban J connectivity index is 1.61. The lowest BCUT2D eigenvalue weighted by molar-refractivity contribution is -0.117. The highest BCUT2D eigenvalue weighted by molar-refractivity contribution is 9.10. The van der Waals surface area contributed by atoms with Gasteiger partial charge in [0.2, 0.25) is 5.88 Å². The van der Waals surface area contributed by atoms with Crippen LogP contribution in [0.2, 0.25) is 0 Å². The first-order chi connectivity index (χ1) is 12.1. The molecular weight excluding hydrogens is 384 g/mol. The highest BCUT2D eigenvalue weighted by Gasteiger charge is 2.13. The topological polar surface area (TPSA) is 93.6 Å². The maximum absolute atomic E-state index is 12.2. The van der Waals surface area contributed by atoms with Gasteiger partial charge in [0.1, 0.15) is 0 Å². The van der Waals surface area contributed by atoms with E-state index in [0.717, 1.165) is 20.9 Å². The van der Waals surface area contributed by atoms with Crippen molar-refractivity contribution in [3.63, 3.8) is 0 Å². The number of halogens is 1. The normalized spacial score (nSPS) is 11.7. The third kappa shape index (κ3) is 2.83. The molecule has 2 aromatic heterocycles. The average molecular weight is 397 g/mol. The van der Waals surface area contributed by atoms with E-state index in [1.165, 1.54) is 0 Å². The molecule has 0 fully saturated rings. The van der Waals surface area contributed by atoms with E-state index < -0.39 is 0 Å². The van der Waals surface area contributed by atoms with Crippen LogP contribution in [0.15, 0.2) is 63.4 Å². The zero-order valence-corrected chi connectivity index (χ0v) is 14.5. The fraction of sp³-hybridized carbons (Fsp3) is 0.0556. The van der Waals surface area contributed by atoms with Crippen LogP contribution in [-0.2, 0) is 11.2 Å². The second-order valence-corrected chi connectivity index (χ2v) is 6.47. The Hall–Kier alpha value is -2.93. The number of rotatable bonds is 3. The molecule has 2 aromatic carbocycles. The molecule has 0 spiro atoms. The molecule has 0 bridgehead atoms. The summed E-state index contributed by atoms with van der Waals surface area (Å²) in [6, 6.07) is 13.2. The van der Waals surface area contributed by atoms with Gasteiger partial charge in [-0.25, -0.2) is 0 Å². The number of para-hydroxylation sites is 2. The number of amides is 1. The summed E-state index contributed by atoms with van der Waals surface area (Å²) in [6.45, 7) is 0. The van der Waals surface area contributed by atoms with Gasteiger partial charge in [0.15, 0.2) is 5.69 Å². The number of aromatic hydroxyl groups is 1. The number of azo groups is 1. The van der Waals surface area contributed by atoms with Crippen molar-refractivity contribution in [2.45, 2.75) is 6.42 Å². The first-order valence-electron chi connectivity index (χ1n) is 7.62. The lowest BCUT2D eigenvalue weighted by atomic mass is 10.1. The van der Waals surface area contributed by atoms with Crippen molar-refractivity contribution in [3.8, 4) is 5.88 Å². The van der Waals surface area contributed by atoms with E-state index in [1.807, 2.05) is 36.4 Å². The number of H-pyrrole nitrogens is 2. The molecule has 0 aliphatic rings. The third-order valence-electron chi connectivity index (χ3n) is 4.01. The lowest BCUT2D eigenvalue weighted by Crippen LogP contribution is -1.96. The maximum Gasteiger partial charge on any atom is 0.269 e. The minimum absolute atomic E-state index is 0.120. The van der Waals surface area contributed by atoms with E-state index in [4.69, 9.17) is 0 Å². The Morgan fingerprint density at radius 1 is 1.12 bits per heavy atom. The summed E-state index contributed by atoms with van der Waals surface area (Å²) in [5, 5.41) is 19.4. The van der Waals surface area contributed by atoms with Crippen LogP contribution in [0.1, 0.15) is 5.56 Å². The largest absolute Gasteiger partial charge is 0.493 e. The van der Waals surface area contributed by atoms with Crippen LogP contribution in [0.5, 0.6) is 5.88 Å². The van der Waals surface area contributed by atoms with E-state index in [1.54, 1.807) is 12.3 Å². The minimum Gasteiger partial charge on any atom is -0.493 e. The Labute approximate surface area is 150 Å². The Bertz CT molecular complexity index is 1130. The monoisotopic (exact) mass is 396 g/mol. The van der Waals surface area contributed by atoms with Crippen LogP contribution in [0, 0.1) is 0 Å². The molecule has 4 rings (SSSR count). The van der Waals surface area contributed by atoms with Gasteiger partial charge in [-0.3, -0.25) is 4.79 Å². The van der Waals surface area contributed by atoms with Crippen molar-refractivity contribution in [2.75, 3.05) is 0 Å². The van der Waals surface area contributed by atoms with Gasteiger partial charge in [-0.15, -0.1) is 10.2 Å². The third-order valence-corrected chi connectivity index (χ3v) is 4.68. The molecule has 4 aromatic rings. The molecule has 1 amide bonds. The molecule has 0 saturated heterocycles. The number of fused-ring (bicyclic) bond motifs is 2. The summed E-state index contributed by atoms with van der Waals surface area (Å²) in [5.74, 6) is -0.501. The zero-order chi connectivity index (χ0) is 17.4. The quantitative estimate of drug-likeness (QED) is 0.426. The number of benzene rings is 2. The molecule has 6 nitrogen and oxygen atoms in total. The predicted molar refractivity (Wildman–Crippen MR) is 99.2 cm³/mol. The second-order valence-electron chi connectivity index (χ2n) is 5.61. The van der Waals surface area contributed by atoms with Crippen molar-refractivity contribution in [2.24, 2.45) is 10.2 Å². The molecule has 0 saturated carbocycles. The number of carbonyl (C=O) groups is 1. The predicted octanol–water partition coefficient (Wildman–Crippen LogP) is 4.97.